The smallest absolute Gasteiger partial charge is 0.335 e. The molecule has 0 atom stereocenters. The standard InChI is InChI=1S/C11H15NO3/c1-8-7-9(15-6-2-5-12)3-4-10(8)11(13)14/h3-4,7H,2,5-6,12H2,1H3,(H,13,14). The molecule has 4 heteroatoms. The number of nitrogens with two attached hydrogens (primary N) is 1. The molecule has 0 amide bonds. The molecule has 1 aromatic carbocycles. The number of benzene rings is 1. The Labute approximate surface area is 88.7 Å². The third-order valence-corrected chi connectivity index (χ3v) is 2.05. The average molecular weight is 209 g/mol. The Balaban J connectivity index is 2.69. The minimum Gasteiger partial charge on any atom is -0.494 e. The van der Waals surface area contributed by atoms with Crippen molar-refractivity contribution in [1.82, 2.24) is 0 Å². The number of ether oxygens (including phenoxy) is 1. The molecule has 3 N–H and O–H groups in total. The highest BCUT2D eigenvalue weighted by atomic mass is 16.5. The zero-order valence-electron chi connectivity index (χ0n) is 8.69. The van der Waals surface area contributed by atoms with Crippen LogP contribution >= 0.6 is 0 Å². The van der Waals surface area contributed by atoms with Crippen molar-refractivity contribution in [3.05, 3.63) is 29.3 Å². The Kier molecular flexibility index (Phi) is 4.12. The molecule has 15 heavy (non-hydrogen) atoms. The van der Waals surface area contributed by atoms with E-state index < -0.39 is 5.97 Å². The van der Waals surface area contributed by atoms with Crippen LogP contribution in [-0.4, -0.2) is 24.2 Å². The number of carboxylic acid groups (broad SMARTS) is 1. The molecule has 0 spiro atoms. The van der Waals surface area contributed by atoms with Crippen LogP contribution in [0.15, 0.2) is 18.2 Å². The summed E-state index contributed by atoms with van der Waals surface area (Å²) in [5.41, 5.74) is 6.34. The van der Waals surface area contributed by atoms with E-state index in [4.69, 9.17) is 15.6 Å². The second kappa shape index (κ2) is 5.36. The summed E-state index contributed by atoms with van der Waals surface area (Å²) in [5.74, 6) is -0.230. The van der Waals surface area contributed by atoms with Gasteiger partial charge < -0.3 is 15.6 Å². The summed E-state index contributed by atoms with van der Waals surface area (Å²) in [5, 5.41) is 8.81. The number of aryl methyl sites for hydroxylation is 1. The molecule has 1 rings (SSSR count). The predicted octanol–water partition coefficient (Wildman–Crippen LogP) is 1.42. The zero-order valence-corrected chi connectivity index (χ0v) is 8.69. The van der Waals surface area contributed by atoms with Gasteiger partial charge in [0.2, 0.25) is 0 Å². The molecular formula is C11H15NO3. The van der Waals surface area contributed by atoms with E-state index in [0.717, 1.165) is 6.42 Å². The predicted molar refractivity (Wildman–Crippen MR) is 57.3 cm³/mol. The van der Waals surface area contributed by atoms with Crippen LogP contribution in [0.1, 0.15) is 22.3 Å². The van der Waals surface area contributed by atoms with Crippen molar-refractivity contribution >= 4 is 5.97 Å². The molecule has 0 unspecified atom stereocenters. The normalized spacial score (nSPS) is 10.0. The third kappa shape index (κ3) is 3.25. The van der Waals surface area contributed by atoms with Crippen LogP contribution in [0.25, 0.3) is 0 Å². The molecule has 0 fully saturated rings. The number of rotatable bonds is 5. The Bertz CT molecular complexity index is 350. The second-order valence-electron chi connectivity index (χ2n) is 3.27. The van der Waals surface area contributed by atoms with Gasteiger partial charge in [-0.3, -0.25) is 0 Å². The molecule has 4 nitrogen and oxygen atoms in total. The van der Waals surface area contributed by atoms with E-state index in [9.17, 15) is 4.79 Å². The Morgan fingerprint density at radius 2 is 2.27 bits per heavy atom. The van der Waals surface area contributed by atoms with Crippen LogP contribution in [0.3, 0.4) is 0 Å². The number of carboxylic acids is 1. The van der Waals surface area contributed by atoms with Crippen molar-refractivity contribution in [2.24, 2.45) is 5.73 Å². The summed E-state index contributed by atoms with van der Waals surface area (Å²) in [6.45, 7) is 2.90. The Hall–Kier alpha value is -1.55. The van der Waals surface area contributed by atoms with Gasteiger partial charge in [-0.25, -0.2) is 4.79 Å². The maximum absolute atomic E-state index is 10.7. The van der Waals surface area contributed by atoms with Crippen LogP contribution < -0.4 is 10.5 Å². The fraction of sp³-hybridized carbons (Fsp3) is 0.364. The van der Waals surface area contributed by atoms with Crippen LogP contribution in [-0.2, 0) is 0 Å². The number of hydrogen-bond acceptors (Lipinski definition) is 3. The van der Waals surface area contributed by atoms with Crippen LogP contribution in [0.5, 0.6) is 5.75 Å². The van der Waals surface area contributed by atoms with Gasteiger partial charge in [-0.15, -0.1) is 0 Å². The van der Waals surface area contributed by atoms with E-state index in [-0.39, 0.29) is 0 Å². The third-order valence-electron chi connectivity index (χ3n) is 2.05. The summed E-state index contributed by atoms with van der Waals surface area (Å²) >= 11 is 0. The van der Waals surface area contributed by atoms with Crippen molar-refractivity contribution in [2.45, 2.75) is 13.3 Å². The molecule has 0 radical (unpaired) electrons. The van der Waals surface area contributed by atoms with Gasteiger partial charge in [0.25, 0.3) is 0 Å². The molecule has 0 aliphatic heterocycles. The lowest BCUT2D eigenvalue weighted by Crippen LogP contribution is -2.06. The van der Waals surface area contributed by atoms with Gasteiger partial charge in [-0.2, -0.15) is 0 Å². The lowest BCUT2D eigenvalue weighted by molar-refractivity contribution is 0.0696. The maximum atomic E-state index is 10.7. The molecule has 0 saturated heterocycles. The number of hydrogen-bond donors (Lipinski definition) is 2. The summed E-state index contributed by atoms with van der Waals surface area (Å²) in [6, 6.07) is 4.93. The van der Waals surface area contributed by atoms with Crippen LogP contribution in [0.2, 0.25) is 0 Å². The van der Waals surface area contributed by atoms with Crippen molar-refractivity contribution in [2.75, 3.05) is 13.2 Å². The van der Waals surface area contributed by atoms with E-state index in [1.165, 1.54) is 0 Å². The van der Waals surface area contributed by atoms with E-state index in [0.29, 0.717) is 30.0 Å². The summed E-state index contributed by atoms with van der Waals surface area (Å²) < 4.78 is 5.39. The number of aromatic carboxylic acids is 1. The van der Waals surface area contributed by atoms with Gasteiger partial charge in [-0.1, -0.05) is 0 Å². The fourth-order valence-electron chi connectivity index (χ4n) is 1.24. The monoisotopic (exact) mass is 209 g/mol. The minimum absolute atomic E-state index is 0.307. The lowest BCUT2D eigenvalue weighted by atomic mass is 10.1. The summed E-state index contributed by atoms with van der Waals surface area (Å²) in [7, 11) is 0. The van der Waals surface area contributed by atoms with Gasteiger partial charge >= 0.3 is 5.97 Å². The fourth-order valence-corrected chi connectivity index (χ4v) is 1.24. The van der Waals surface area contributed by atoms with Crippen molar-refractivity contribution in [3.63, 3.8) is 0 Å². The maximum Gasteiger partial charge on any atom is 0.335 e. The molecular weight excluding hydrogens is 194 g/mol. The van der Waals surface area contributed by atoms with E-state index >= 15 is 0 Å². The first-order valence-corrected chi connectivity index (χ1v) is 4.82. The lowest BCUT2D eigenvalue weighted by Gasteiger charge is -2.07. The summed E-state index contributed by atoms with van der Waals surface area (Å²) in [4.78, 5) is 10.7. The molecule has 1 aromatic rings. The van der Waals surface area contributed by atoms with Crippen molar-refractivity contribution in [1.29, 1.82) is 0 Å². The highest BCUT2D eigenvalue weighted by molar-refractivity contribution is 5.89. The quantitative estimate of drug-likeness (QED) is 0.719. The Morgan fingerprint density at radius 3 is 2.80 bits per heavy atom. The first kappa shape index (κ1) is 11.5. The highest BCUT2D eigenvalue weighted by Gasteiger charge is 2.07. The van der Waals surface area contributed by atoms with Crippen LogP contribution in [0.4, 0.5) is 0 Å². The minimum atomic E-state index is -0.916. The SMILES string of the molecule is Cc1cc(OCCCN)ccc1C(=O)O. The van der Waals surface area contributed by atoms with E-state index in [2.05, 4.69) is 0 Å². The van der Waals surface area contributed by atoms with Crippen LogP contribution in [0, 0.1) is 6.92 Å². The number of carbonyl (C=O) groups is 1. The largest absolute Gasteiger partial charge is 0.494 e. The molecule has 0 aliphatic rings. The molecule has 0 saturated carbocycles. The first-order chi connectivity index (χ1) is 7.15. The second-order valence-corrected chi connectivity index (χ2v) is 3.27. The van der Waals surface area contributed by atoms with E-state index in [1.54, 1.807) is 25.1 Å². The Morgan fingerprint density at radius 1 is 1.53 bits per heavy atom. The molecule has 0 aliphatic carbocycles. The highest BCUT2D eigenvalue weighted by Crippen LogP contribution is 2.17. The molecule has 0 heterocycles. The molecule has 82 valence electrons. The average Bonchev–Trinajstić information content (AvgIpc) is 2.17. The van der Waals surface area contributed by atoms with Gasteiger partial charge in [0, 0.05) is 0 Å². The van der Waals surface area contributed by atoms with E-state index in [1.807, 2.05) is 0 Å². The van der Waals surface area contributed by atoms with Gasteiger partial charge in [0.15, 0.2) is 0 Å². The van der Waals surface area contributed by atoms with Crippen molar-refractivity contribution < 1.29 is 14.6 Å². The zero-order chi connectivity index (χ0) is 11.3. The molecule has 0 bridgehead atoms. The van der Waals surface area contributed by atoms with Crippen molar-refractivity contribution in [3.8, 4) is 5.75 Å². The van der Waals surface area contributed by atoms with Gasteiger partial charge in [0.05, 0.1) is 12.2 Å². The summed E-state index contributed by atoms with van der Waals surface area (Å²) in [6.07, 6.45) is 0.791. The van der Waals surface area contributed by atoms with Gasteiger partial charge in [0.1, 0.15) is 5.75 Å². The topological polar surface area (TPSA) is 72.5 Å². The molecule has 0 aromatic heterocycles. The van der Waals surface area contributed by atoms with Gasteiger partial charge in [-0.05, 0) is 43.7 Å². The first-order valence-electron chi connectivity index (χ1n) is 4.82.